The Hall–Kier alpha value is -2.08. The van der Waals surface area contributed by atoms with E-state index in [1.54, 1.807) is 7.11 Å². The number of methoxy groups -OCH3 is 1. The first-order valence-corrected chi connectivity index (χ1v) is 7.05. The van der Waals surface area contributed by atoms with Crippen molar-refractivity contribution in [1.29, 1.82) is 0 Å². The van der Waals surface area contributed by atoms with Crippen LogP contribution in [0, 0.1) is 5.92 Å². The fourth-order valence-corrected chi connectivity index (χ4v) is 1.95. The highest BCUT2D eigenvalue weighted by molar-refractivity contribution is 5.60. The van der Waals surface area contributed by atoms with E-state index >= 15 is 0 Å². The molecule has 1 unspecified atom stereocenters. The van der Waals surface area contributed by atoms with Gasteiger partial charge in [-0.15, -0.1) is 0 Å². The standard InChI is InChI=1S/C15H22N4O2/c1-5-21-11-7-6-10(8-12(11)20-4)14-17-15(19-18-14)13(16)9(2)3/h6-9,13H,5,16H2,1-4H3,(H,17,18,19). The van der Waals surface area contributed by atoms with Crippen LogP contribution in [0.25, 0.3) is 11.4 Å². The van der Waals surface area contributed by atoms with Gasteiger partial charge in [0.2, 0.25) is 0 Å². The lowest BCUT2D eigenvalue weighted by Crippen LogP contribution is -2.18. The molecule has 114 valence electrons. The Balaban J connectivity index is 2.30. The van der Waals surface area contributed by atoms with Crippen LogP contribution < -0.4 is 15.2 Å². The Morgan fingerprint density at radius 1 is 1.29 bits per heavy atom. The van der Waals surface area contributed by atoms with E-state index in [1.807, 2.05) is 39.0 Å². The first-order chi connectivity index (χ1) is 10.1. The minimum atomic E-state index is -0.157. The summed E-state index contributed by atoms with van der Waals surface area (Å²) >= 11 is 0. The number of benzene rings is 1. The number of ether oxygens (including phenoxy) is 2. The van der Waals surface area contributed by atoms with Gasteiger partial charge >= 0.3 is 0 Å². The summed E-state index contributed by atoms with van der Waals surface area (Å²) in [5, 5.41) is 7.13. The summed E-state index contributed by atoms with van der Waals surface area (Å²) in [6.45, 7) is 6.62. The summed E-state index contributed by atoms with van der Waals surface area (Å²) in [4.78, 5) is 4.46. The normalized spacial score (nSPS) is 12.5. The fraction of sp³-hybridized carbons (Fsp3) is 0.467. The topological polar surface area (TPSA) is 86.0 Å². The van der Waals surface area contributed by atoms with Gasteiger partial charge in [0.05, 0.1) is 19.8 Å². The number of aromatic nitrogens is 3. The molecule has 0 aliphatic rings. The van der Waals surface area contributed by atoms with Gasteiger partial charge < -0.3 is 15.2 Å². The molecule has 6 nitrogen and oxygen atoms in total. The van der Waals surface area contributed by atoms with Crippen LogP contribution in [-0.2, 0) is 0 Å². The molecule has 0 aliphatic carbocycles. The third-order valence-electron chi connectivity index (χ3n) is 3.26. The quantitative estimate of drug-likeness (QED) is 0.853. The fourth-order valence-electron chi connectivity index (χ4n) is 1.95. The van der Waals surface area contributed by atoms with E-state index in [9.17, 15) is 0 Å². The predicted octanol–water partition coefficient (Wildman–Crippen LogP) is 2.53. The second-order valence-corrected chi connectivity index (χ2v) is 5.11. The molecule has 1 heterocycles. The van der Waals surface area contributed by atoms with Crippen molar-refractivity contribution in [1.82, 2.24) is 15.2 Å². The second-order valence-electron chi connectivity index (χ2n) is 5.11. The van der Waals surface area contributed by atoms with Gasteiger partial charge in [0, 0.05) is 5.56 Å². The largest absolute Gasteiger partial charge is 0.493 e. The zero-order valence-corrected chi connectivity index (χ0v) is 12.9. The van der Waals surface area contributed by atoms with Crippen molar-refractivity contribution in [2.45, 2.75) is 26.8 Å². The number of nitrogens with zero attached hydrogens (tertiary/aromatic N) is 2. The zero-order chi connectivity index (χ0) is 15.4. The maximum Gasteiger partial charge on any atom is 0.181 e. The summed E-state index contributed by atoms with van der Waals surface area (Å²) in [6.07, 6.45) is 0. The molecule has 0 saturated carbocycles. The lowest BCUT2D eigenvalue weighted by Gasteiger charge is -2.11. The zero-order valence-electron chi connectivity index (χ0n) is 12.9. The van der Waals surface area contributed by atoms with Crippen molar-refractivity contribution in [3.63, 3.8) is 0 Å². The second kappa shape index (κ2) is 6.58. The van der Waals surface area contributed by atoms with Gasteiger partial charge in [-0.2, -0.15) is 5.10 Å². The molecule has 0 bridgehead atoms. The number of nitrogens with one attached hydrogen (secondary N) is 1. The van der Waals surface area contributed by atoms with Gasteiger partial charge in [0.15, 0.2) is 17.3 Å². The maximum atomic E-state index is 6.07. The highest BCUT2D eigenvalue weighted by atomic mass is 16.5. The molecular weight excluding hydrogens is 268 g/mol. The average molecular weight is 290 g/mol. The van der Waals surface area contributed by atoms with Crippen LogP contribution in [0.5, 0.6) is 11.5 Å². The Morgan fingerprint density at radius 2 is 2.05 bits per heavy atom. The van der Waals surface area contributed by atoms with Gasteiger partial charge in [-0.3, -0.25) is 5.10 Å². The average Bonchev–Trinajstić information content (AvgIpc) is 2.96. The molecule has 1 aromatic carbocycles. The first kappa shape index (κ1) is 15.3. The van der Waals surface area contributed by atoms with Gasteiger partial charge in [0.25, 0.3) is 0 Å². The smallest absolute Gasteiger partial charge is 0.181 e. The van der Waals surface area contributed by atoms with Crippen LogP contribution in [0.4, 0.5) is 0 Å². The molecule has 0 radical (unpaired) electrons. The van der Waals surface area contributed by atoms with Gasteiger partial charge in [-0.1, -0.05) is 13.8 Å². The molecule has 1 aromatic heterocycles. The number of aromatic amines is 1. The molecule has 0 aliphatic heterocycles. The molecule has 0 spiro atoms. The summed E-state index contributed by atoms with van der Waals surface area (Å²) in [6, 6.07) is 5.46. The third-order valence-corrected chi connectivity index (χ3v) is 3.26. The van der Waals surface area contributed by atoms with Crippen molar-refractivity contribution in [3.8, 4) is 22.9 Å². The van der Waals surface area contributed by atoms with Gasteiger partial charge in [-0.25, -0.2) is 4.98 Å². The summed E-state index contributed by atoms with van der Waals surface area (Å²) in [5.74, 6) is 2.95. The van der Waals surface area contributed by atoms with E-state index in [-0.39, 0.29) is 6.04 Å². The highest BCUT2D eigenvalue weighted by Crippen LogP contribution is 2.31. The maximum absolute atomic E-state index is 6.07. The van der Waals surface area contributed by atoms with E-state index in [2.05, 4.69) is 15.2 Å². The van der Waals surface area contributed by atoms with Crippen LogP contribution >= 0.6 is 0 Å². The van der Waals surface area contributed by atoms with Crippen molar-refractivity contribution in [2.24, 2.45) is 11.7 Å². The summed E-state index contributed by atoms with van der Waals surface area (Å²) in [5.41, 5.74) is 6.93. The summed E-state index contributed by atoms with van der Waals surface area (Å²) < 4.78 is 10.8. The van der Waals surface area contributed by atoms with E-state index in [4.69, 9.17) is 15.2 Å². The molecule has 0 saturated heterocycles. The van der Waals surface area contributed by atoms with Crippen LogP contribution in [0.2, 0.25) is 0 Å². The van der Waals surface area contributed by atoms with Crippen LogP contribution in [0.1, 0.15) is 32.6 Å². The minimum absolute atomic E-state index is 0.157. The highest BCUT2D eigenvalue weighted by Gasteiger charge is 2.16. The van der Waals surface area contributed by atoms with Crippen LogP contribution in [-0.4, -0.2) is 28.9 Å². The monoisotopic (exact) mass is 290 g/mol. The molecule has 1 atom stereocenters. The molecule has 21 heavy (non-hydrogen) atoms. The predicted molar refractivity (Wildman–Crippen MR) is 81.3 cm³/mol. The lowest BCUT2D eigenvalue weighted by atomic mass is 10.1. The number of hydrogen-bond acceptors (Lipinski definition) is 5. The Morgan fingerprint density at radius 3 is 2.67 bits per heavy atom. The molecule has 0 fully saturated rings. The lowest BCUT2D eigenvalue weighted by molar-refractivity contribution is 0.311. The molecule has 6 heteroatoms. The molecule has 3 N–H and O–H groups in total. The van der Waals surface area contributed by atoms with Gasteiger partial charge in [-0.05, 0) is 31.0 Å². The van der Waals surface area contributed by atoms with E-state index in [0.29, 0.717) is 35.7 Å². The Labute approximate surface area is 124 Å². The van der Waals surface area contributed by atoms with E-state index < -0.39 is 0 Å². The first-order valence-electron chi connectivity index (χ1n) is 7.05. The van der Waals surface area contributed by atoms with Crippen molar-refractivity contribution < 1.29 is 9.47 Å². The third kappa shape index (κ3) is 3.33. The van der Waals surface area contributed by atoms with Crippen molar-refractivity contribution >= 4 is 0 Å². The van der Waals surface area contributed by atoms with Crippen LogP contribution in [0.3, 0.4) is 0 Å². The van der Waals surface area contributed by atoms with Crippen LogP contribution in [0.15, 0.2) is 18.2 Å². The van der Waals surface area contributed by atoms with Crippen molar-refractivity contribution in [2.75, 3.05) is 13.7 Å². The Bertz CT molecular complexity index is 595. The van der Waals surface area contributed by atoms with Gasteiger partial charge in [0.1, 0.15) is 5.82 Å². The molecule has 2 rings (SSSR count). The van der Waals surface area contributed by atoms with E-state index in [0.717, 1.165) is 5.56 Å². The number of H-pyrrole nitrogens is 1. The number of rotatable bonds is 6. The molecule has 0 amide bonds. The SMILES string of the molecule is CCOc1ccc(-c2n[nH]c(C(N)C(C)C)n2)cc1OC. The Kier molecular flexibility index (Phi) is 4.80. The summed E-state index contributed by atoms with van der Waals surface area (Å²) in [7, 11) is 1.61. The minimum Gasteiger partial charge on any atom is -0.493 e. The molecule has 2 aromatic rings. The number of nitrogens with two attached hydrogens (primary N) is 1. The van der Waals surface area contributed by atoms with Crippen molar-refractivity contribution in [3.05, 3.63) is 24.0 Å². The molecular formula is C15H22N4O2. The number of hydrogen-bond donors (Lipinski definition) is 2. The van der Waals surface area contributed by atoms with E-state index in [1.165, 1.54) is 0 Å².